The third kappa shape index (κ3) is 16.7. The van der Waals surface area contributed by atoms with Gasteiger partial charge in [0.05, 0.1) is 55.0 Å². The highest BCUT2D eigenvalue weighted by Crippen LogP contribution is 2.27. The zero-order valence-corrected chi connectivity index (χ0v) is 52.0. The standard InChI is InChI=1S/C24H24N4O2.C23H22N4O3.C16H13ClN2O.C8H12N2O/c1-3-12-30-19-10-11-22(26-16-19)27-23-14-21-18(15-25-23)13-20(24(29)28(21)4-2)17-8-6-5-7-9-17;1-2-27-20-13-22(26-21-9-8-18(15-25-21)30-11-10-28)24-14-17(20)12-19(23(27)29)16-6-4-3-5-7-16;1-2-19-14-9-15(17)18-10-12(14)8-13(16(19)20)11-6-4-3-5-7-11;1-2-5-11-7-3-4-8(9)10-6-7/h5-11,13-16H,3-4,12H2,1-2H3,(H,25,26,27);3-9,12-15,28H,2,10-11H2,1H3,(H,24,25,26);3-10H,2H2,1H3;3-4,6H,2,5H2,1H3,(H2,9,10). The first-order chi connectivity index (χ1) is 44.4. The van der Waals surface area contributed by atoms with E-state index in [1.165, 1.54) is 0 Å². The summed E-state index contributed by atoms with van der Waals surface area (Å²) in [6.07, 6.45) is 12.1. The summed E-state index contributed by atoms with van der Waals surface area (Å²) in [6, 6.07) is 51.0. The molecule has 5 N–H and O–H groups in total. The average molecular weight is 1240 g/mol. The number of nitrogens with two attached hydrogens (primary N) is 1. The Balaban J connectivity index is 0.000000151. The van der Waals surface area contributed by atoms with Crippen molar-refractivity contribution in [2.75, 3.05) is 42.8 Å². The highest BCUT2D eigenvalue weighted by molar-refractivity contribution is 6.30. The molecule has 3 aromatic carbocycles. The van der Waals surface area contributed by atoms with Gasteiger partial charge in [-0.2, -0.15) is 0 Å². The van der Waals surface area contributed by atoms with Gasteiger partial charge in [-0.15, -0.1) is 0 Å². The summed E-state index contributed by atoms with van der Waals surface area (Å²) in [4.78, 5) is 64.5. The molecule has 0 fully saturated rings. The summed E-state index contributed by atoms with van der Waals surface area (Å²) >= 11 is 5.93. The summed E-state index contributed by atoms with van der Waals surface area (Å²) in [7, 11) is 0. The number of anilines is 5. The Kier molecular flexibility index (Phi) is 22.7. The molecule has 0 aliphatic rings. The molecule has 0 amide bonds. The van der Waals surface area contributed by atoms with Gasteiger partial charge in [0.15, 0.2) is 0 Å². The highest BCUT2D eigenvalue weighted by Gasteiger charge is 2.15. The van der Waals surface area contributed by atoms with Gasteiger partial charge in [-0.3, -0.25) is 14.4 Å². The zero-order chi connectivity index (χ0) is 64.1. The Hall–Kier alpha value is -10.8. The van der Waals surface area contributed by atoms with Gasteiger partial charge in [-0.1, -0.05) is 116 Å². The first-order valence-electron chi connectivity index (χ1n) is 30.0. The van der Waals surface area contributed by atoms with E-state index >= 15 is 0 Å². The molecule has 91 heavy (non-hydrogen) atoms. The Labute approximate surface area is 531 Å². The number of aliphatic hydroxyl groups excluding tert-OH is 1. The number of nitrogens with zero attached hydrogens (tertiary/aromatic N) is 9. The Bertz CT molecular complexity index is 4330. The maximum absolute atomic E-state index is 13.1. The number of halogens is 1. The van der Waals surface area contributed by atoms with E-state index in [2.05, 4.69) is 54.4 Å². The van der Waals surface area contributed by atoms with Crippen LogP contribution in [0.2, 0.25) is 5.15 Å². The number of ether oxygens (including phenoxy) is 3. The normalized spacial score (nSPS) is 10.7. The van der Waals surface area contributed by atoms with Crippen LogP contribution in [0.4, 0.5) is 29.1 Å². The molecular weight excluding hydrogens is 1170 g/mol. The molecule has 0 radical (unpaired) electrons. The van der Waals surface area contributed by atoms with Gasteiger partial charge in [0.1, 0.15) is 58.1 Å². The number of hydrogen-bond donors (Lipinski definition) is 4. The maximum Gasteiger partial charge on any atom is 0.258 e. The summed E-state index contributed by atoms with van der Waals surface area (Å²) in [5.74, 6) is 5.10. The van der Waals surface area contributed by atoms with Gasteiger partial charge in [0.25, 0.3) is 16.7 Å². The molecule has 0 aliphatic carbocycles. The van der Waals surface area contributed by atoms with E-state index in [4.69, 9.17) is 36.7 Å². The molecular formula is C71H71ClN12O7. The Morgan fingerprint density at radius 2 is 0.769 bits per heavy atom. The van der Waals surface area contributed by atoms with Gasteiger partial charge in [-0.05, 0) is 111 Å². The van der Waals surface area contributed by atoms with Crippen LogP contribution in [0.5, 0.6) is 17.2 Å². The molecule has 0 saturated carbocycles. The van der Waals surface area contributed by atoms with Gasteiger partial charge < -0.3 is 49.4 Å². The fraction of sp³-hybridized carbons (Fsp3) is 0.197. The Morgan fingerprint density at radius 1 is 0.418 bits per heavy atom. The molecule has 12 rings (SSSR count). The third-order valence-corrected chi connectivity index (χ3v) is 14.4. The van der Waals surface area contributed by atoms with E-state index in [1.807, 2.05) is 160 Å². The molecule has 9 aromatic heterocycles. The number of aryl methyl sites for hydroxylation is 3. The summed E-state index contributed by atoms with van der Waals surface area (Å²) in [5, 5.41) is 18.3. The molecule has 0 atom stereocenters. The molecule has 12 aromatic rings. The van der Waals surface area contributed by atoms with Crippen molar-refractivity contribution in [1.82, 2.24) is 43.6 Å². The topological polar surface area (TPSA) is 241 Å². The van der Waals surface area contributed by atoms with Crippen LogP contribution in [0.1, 0.15) is 47.5 Å². The second-order valence-corrected chi connectivity index (χ2v) is 20.8. The van der Waals surface area contributed by atoms with Crippen LogP contribution in [0.3, 0.4) is 0 Å². The lowest BCUT2D eigenvalue weighted by Crippen LogP contribution is -2.21. The second kappa shape index (κ2) is 31.9. The molecule has 0 aliphatic heterocycles. The van der Waals surface area contributed by atoms with Gasteiger partial charge >= 0.3 is 0 Å². The van der Waals surface area contributed by atoms with Crippen LogP contribution in [0, 0.1) is 0 Å². The van der Waals surface area contributed by atoms with Crippen molar-refractivity contribution in [2.24, 2.45) is 0 Å². The van der Waals surface area contributed by atoms with Crippen molar-refractivity contribution >= 4 is 73.4 Å². The SMILES string of the molecule is CCCOc1ccc(N)nc1.CCCOc1ccc(Nc2cc3c(cn2)cc(-c2ccccc2)c(=O)n3CC)nc1.CCn1c(=O)c(-c2ccccc2)cc2cnc(Cl)cc21.CCn1c(=O)c(-c2ccccc2)cc2cnc(Nc3ccc(OCCO)cn3)cc21. The lowest BCUT2D eigenvalue weighted by atomic mass is 10.1. The van der Waals surface area contributed by atoms with Crippen LogP contribution in [0.25, 0.3) is 66.1 Å². The van der Waals surface area contributed by atoms with Crippen LogP contribution < -0.4 is 47.3 Å². The van der Waals surface area contributed by atoms with E-state index < -0.39 is 0 Å². The first kappa shape index (κ1) is 64.7. The predicted molar refractivity (Wildman–Crippen MR) is 364 cm³/mol. The van der Waals surface area contributed by atoms with Crippen molar-refractivity contribution in [1.29, 1.82) is 0 Å². The summed E-state index contributed by atoms with van der Waals surface area (Å²) in [5.41, 5.74) is 12.5. The minimum Gasteiger partial charge on any atom is -0.492 e. The second-order valence-electron chi connectivity index (χ2n) is 20.4. The third-order valence-electron chi connectivity index (χ3n) is 14.2. The number of aromatic nitrogens is 9. The zero-order valence-electron chi connectivity index (χ0n) is 51.3. The highest BCUT2D eigenvalue weighted by atomic mass is 35.5. The summed E-state index contributed by atoms with van der Waals surface area (Å²) < 4.78 is 21.4. The summed E-state index contributed by atoms with van der Waals surface area (Å²) in [6.45, 7) is 13.3. The Morgan fingerprint density at radius 3 is 1.11 bits per heavy atom. The fourth-order valence-corrected chi connectivity index (χ4v) is 9.92. The molecule has 0 bridgehead atoms. The van der Waals surface area contributed by atoms with Crippen LogP contribution >= 0.6 is 11.6 Å². The number of hydrogen-bond acceptors (Lipinski definition) is 16. The largest absolute Gasteiger partial charge is 0.492 e. The molecule has 19 nitrogen and oxygen atoms in total. The number of benzene rings is 3. The quantitative estimate of drug-likeness (QED) is 0.0550. The number of nitrogens with one attached hydrogen (secondary N) is 2. The van der Waals surface area contributed by atoms with Crippen molar-refractivity contribution in [3.63, 3.8) is 0 Å². The number of rotatable bonds is 19. The monoisotopic (exact) mass is 1240 g/mol. The fourth-order valence-electron chi connectivity index (χ4n) is 9.77. The minimum absolute atomic E-state index is 0.00605. The minimum atomic E-state index is -0.0495. The van der Waals surface area contributed by atoms with E-state index in [9.17, 15) is 14.4 Å². The van der Waals surface area contributed by atoms with Crippen molar-refractivity contribution < 1.29 is 19.3 Å². The maximum atomic E-state index is 13.1. The molecule has 0 saturated heterocycles. The molecule has 9 heterocycles. The molecule has 0 spiro atoms. The van der Waals surface area contributed by atoms with Gasteiger partial charge in [-0.25, -0.2) is 29.9 Å². The number of fused-ring (bicyclic) bond motifs is 3. The van der Waals surface area contributed by atoms with E-state index in [-0.39, 0.29) is 29.9 Å². The molecule has 464 valence electrons. The van der Waals surface area contributed by atoms with Crippen molar-refractivity contribution in [3.05, 3.63) is 237 Å². The van der Waals surface area contributed by atoms with E-state index in [0.29, 0.717) is 82.9 Å². The lowest BCUT2D eigenvalue weighted by Gasteiger charge is -2.13. The van der Waals surface area contributed by atoms with Gasteiger partial charge in [0, 0.05) is 83.2 Å². The first-order valence-corrected chi connectivity index (χ1v) is 30.4. The van der Waals surface area contributed by atoms with E-state index in [0.717, 1.165) is 80.3 Å². The van der Waals surface area contributed by atoms with Crippen LogP contribution in [0.15, 0.2) is 215 Å². The predicted octanol–water partition coefficient (Wildman–Crippen LogP) is 13.8. The number of nitrogen functional groups attached to an aromatic ring is 1. The number of aliphatic hydroxyl groups is 1. The lowest BCUT2D eigenvalue weighted by molar-refractivity contribution is 0.201. The van der Waals surface area contributed by atoms with Gasteiger partial charge in [0.2, 0.25) is 0 Å². The smallest absolute Gasteiger partial charge is 0.258 e. The van der Waals surface area contributed by atoms with Crippen molar-refractivity contribution in [3.8, 4) is 50.6 Å². The molecule has 0 unspecified atom stereocenters. The molecule has 20 heteroatoms. The van der Waals surface area contributed by atoms with Crippen LogP contribution in [-0.4, -0.2) is 75.1 Å². The van der Waals surface area contributed by atoms with Crippen molar-refractivity contribution in [2.45, 2.75) is 67.1 Å². The average Bonchev–Trinajstić information content (AvgIpc) is 0.852. The van der Waals surface area contributed by atoms with E-state index in [1.54, 1.807) is 75.1 Å². The number of pyridine rings is 9. The van der Waals surface area contributed by atoms with Crippen LogP contribution in [-0.2, 0) is 19.6 Å².